The maximum absolute atomic E-state index is 16.6. The molecule has 3 saturated heterocycles. The first-order valence-corrected chi connectivity index (χ1v) is 16.9. The third-order valence-electron chi connectivity index (χ3n) is 10.4. The molecule has 4 aromatic rings. The van der Waals surface area contributed by atoms with E-state index in [-0.39, 0.29) is 47.0 Å². The van der Waals surface area contributed by atoms with Crippen LogP contribution in [0.2, 0.25) is 5.02 Å². The summed E-state index contributed by atoms with van der Waals surface area (Å²) in [7, 11) is 0. The highest BCUT2D eigenvalue weighted by atomic mass is 35.5. The Hall–Kier alpha value is -3.68. The lowest BCUT2D eigenvalue weighted by Gasteiger charge is -2.30. The third-order valence-corrected chi connectivity index (χ3v) is 10.7. The van der Waals surface area contributed by atoms with Crippen molar-refractivity contribution in [2.45, 2.75) is 69.5 Å². The summed E-state index contributed by atoms with van der Waals surface area (Å²) >= 11 is 6.82. The van der Waals surface area contributed by atoms with Gasteiger partial charge in [-0.1, -0.05) is 18.0 Å². The predicted octanol–water partition coefficient (Wildman–Crippen LogP) is 4.42. The van der Waals surface area contributed by atoms with Crippen LogP contribution in [0.25, 0.3) is 33.1 Å². The van der Waals surface area contributed by atoms with Crippen molar-refractivity contribution in [2.24, 2.45) is 17.6 Å². The molecule has 3 aromatic heterocycles. The Balaban J connectivity index is 1.21. The summed E-state index contributed by atoms with van der Waals surface area (Å²) in [5.41, 5.74) is 6.28. The largest absolute Gasteiger partial charge is 0.463 e. The Labute approximate surface area is 275 Å². The van der Waals surface area contributed by atoms with Crippen LogP contribution >= 0.6 is 11.6 Å². The van der Waals surface area contributed by atoms with E-state index in [4.69, 9.17) is 22.1 Å². The van der Waals surface area contributed by atoms with E-state index in [1.807, 2.05) is 0 Å². The van der Waals surface area contributed by atoms with Crippen LogP contribution in [0.1, 0.15) is 56.9 Å². The fourth-order valence-electron chi connectivity index (χ4n) is 8.06. The zero-order valence-electron chi connectivity index (χ0n) is 26.1. The molecule has 14 heteroatoms. The molecule has 0 saturated carbocycles. The number of aromatic amines is 2. The van der Waals surface area contributed by atoms with Crippen LogP contribution in [0.15, 0.2) is 23.3 Å². The van der Waals surface area contributed by atoms with Crippen LogP contribution in [-0.2, 0) is 11.2 Å². The van der Waals surface area contributed by atoms with E-state index in [2.05, 4.69) is 35.4 Å². The van der Waals surface area contributed by atoms with Gasteiger partial charge in [0.1, 0.15) is 24.0 Å². The van der Waals surface area contributed by atoms with Crippen LogP contribution in [-0.4, -0.2) is 80.5 Å². The highest BCUT2D eigenvalue weighted by molar-refractivity contribution is 6.33. The van der Waals surface area contributed by atoms with Crippen molar-refractivity contribution < 1.29 is 18.3 Å². The molecule has 0 bridgehead atoms. The number of hydrogen-bond acceptors (Lipinski definition) is 8. The number of hydrogen-bond donors (Lipinski definition) is 4. The van der Waals surface area contributed by atoms with Gasteiger partial charge < -0.3 is 15.8 Å². The number of carbonyl (C=O) groups is 1. The summed E-state index contributed by atoms with van der Waals surface area (Å²) < 4.78 is 36.8. The fraction of sp³-hybridized carbons (Fsp3) is 0.545. The van der Waals surface area contributed by atoms with Gasteiger partial charge in [0.05, 0.1) is 22.6 Å². The summed E-state index contributed by atoms with van der Waals surface area (Å²) in [6.45, 7) is 2.98. The normalized spacial score (nSPS) is 24.1. The molecule has 7 rings (SSSR count). The third kappa shape index (κ3) is 6.09. The lowest BCUT2D eigenvalue weighted by molar-refractivity contribution is -0.123. The van der Waals surface area contributed by atoms with E-state index in [1.165, 1.54) is 6.20 Å². The van der Waals surface area contributed by atoms with Gasteiger partial charge in [-0.05, 0) is 82.1 Å². The van der Waals surface area contributed by atoms with E-state index >= 15 is 4.39 Å². The van der Waals surface area contributed by atoms with Crippen LogP contribution in [0, 0.1) is 17.7 Å². The number of carbonyl (C=O) groups excluding carboxylic acids is 1. The number of primary amides is 1. The molecule has 3 fully saturated rings. The first-order valence-electron chi connectivity index (χ1n) is 16.5. The number of pyridine rings is 1. The minimum atomic E-state index is -0.935. The number of nitrogens with zero attached hydrogens (tertiary/aromatic N) is 4. The van der Waals surface area contributed by atoms with E-state index in [0.717, 1.165) is 51.7 Å². The molecule has 0 aliphatic carbocycles. The number of amides is 1. The highest BCUT2D eigenvalue weighted by Crippen LogP contribution is 2.41. The number of aromatic nitrogens is 5. The zero-order chi connectivity index (χ0) is 32.7. The fourth-order valence-corrected chi connectivity index (χ4v) is 8.35. The standard InChI is InChI=1S/C33H39ClF2N8O3/c34-24-11-25-22(15-40-43-25)26(21(24)7-3-6-20(30(37)45)18-5-1-2-9-38-13-18)29-27(36)28-23(14-39-29)31(46)42-32(41-28)47-17-33-8-4-10-44(33)16-19(35)12-33/h11,14-15,18-20,38H,1-10,12-13,16-17H2,(H2,37,45)(H,40,43)(H,41,42,46)/t18-,19+,20?,33-/m0/s1. The molecule has 11 nitrogen and oxygen atoms in total. The van der Waals surface area contributed by atoms with Crippen molar-refractivity contribution in [2.75, 3.05) is 32.8 Å². The molecule has 0 spiro atoms. The molecule has 1 aromatic carbocycles. The van der Waals surface area contributed by atoms with Gasteiger partial charge in [-0.25, -0.2) is 8.78 Å². The number of halogens is 3. The van der Waals surface area contributed by atoms with E-state index in [0.29, 0.717) is 59.3 Å². The molecule has 1 amide bonds. The lowest BCUT2D eigenvalue weighted by Crippen LogP contribution is -2.43. The van der Waals surface area contributed by atoms with Gasteiger partial charge in [-0.3, -0.25) is 29.6 Å². The molecule has 4 atom stereocenters. The number of nitrogens with two attached hydrogens (primary N) is 1. The second-order valence-electron chi connectivity index (χ2n) is 13.3. The number of nitrogens with one attached hydrogen (secondary N) is 3. The van der Waals surface area contributed by atoms with Crippen molar-refractivity contribution >= 4 is 39.3 Å². The summed E-state index contributed by atoms with van der Waals surface area (Å²) in [6.07, 6.45) is 8.66. The molecule has 0 radical (unpaired) electrons. The highest BCUT2D eigenvalue weighted by Gasteiger charge is 2.49. The number of H-pyrrole nitrogens is 2. The average Bonchev–Trinajstić information content (AvgIpc) is 3.66. The first kappa shape index (κ1) is 31.9. The number of rotatable bonds is 10. The zero-order valence-corrected chi connectivity index (χ0v) is 26.8. The number of ether oxygens (including phenoxy) is 1. The van der Waals surface area contributed by atoms with Crippen molar-refractivity contribution in [3.05, 3.63) is 45.2 Å². The van der Waals surface area contributed by atoms with Gasteiger partial charge in [0.15, 0.2) is 5.82 Å². The lowest BCUT2D eigenvalue weighted by atomic mass is 9.83. The Kier molecular flexibility index (Phi) is 8.88. The van der Waals surface area contributed by atoms with Crippen molar-refractivity contribution in [3.63, 3.8) is 0 Å². The van der Waals surface area contributed by atoms with Gasteiger partial charge >= 0.3 is 0 Å². The smallest absolute Gasteiger partial charge is 0.297 e. The maximum Gasteiger partial charge on any atom is 0.297 e. The van der Waals surface area contributed by atoms with E-state index in [1.54, 1.807) is 12.3 Å². The maximum atomic E-state index is 16.6. The summed E-state index contributed by atoms with van der Waals surface area (Å²) in [4.78, 5) is 39.0. The molecule has 47 heavy (non-hydrogen) atoms. The van der Waals surface area contributed by atoms with Gasteiger partial charge in [-0.2, -0.15) is 10.1 Å². The first-order chi connectivity index (χ1) is 22.7. The minimum Gasteiger partial charge on any atom is -0.463 e. The Bertz CT molecular complexity index is 1860. The molecule has 3 aliphatic heterocycles. The summed E-state index contributed by atoms with van der Waals surface area (Å²) in [5.74, 6) is -1.25. The molecular weight excluding hydrogens is 630 g/mol. The average molecular weight is 669 g/mol. The van der Waals surface area contributed by atoms with Crippen LogP contribution in [0.5, 0.6) is 6.01 Å². The van der Waals surface area contributed by atoms with Crippen LogP contribution < -0.4 is 21.3 Å². The van der Waals surface area contributed by atoms with Gasteiger partial charge in [-0.15, -0.1) is 0 Å². The molecule has 3 aliphatic rings. The molecule has 250 valence electrons. The summed E-state index contributed by atoms with van der Waals surface area (Å²) in [5, 5.41) is 11.5. The topological polar surface area (TPSA) is 155 Å². The molecule has 5 N–H and O–H groups in total. The SMILES string of the molecule is NC(=O)C(CCCc1c(Cl)cc2[nH]ncc2c1-c1ncc2c(=O)[nH]c(OC[C@@]34CCCN3C[C@H](F)C4)nc2c1F)[C@H]1CCCCNC1. The van der Waals surface area contributed by atoms with Gasteiger partial charge in [0.25, 0.3) is 11.6 Å². The van der Waals surface area contributed by atoms with Crippen molar-refractivity contribution in [1.29, 1.82) is 0 Å². The Morgan fingerprint density at radius 2 is 2.13 bits per heavy atom. The van der Waals surface area contributed by atoms with Gasteiger partial charge in [0.2, 0.25) is 5.91 Å². The van der Waals surface area contributed by atoms with E-state index in [9.17, 15) is 14.0 Å². The number of fused-ring (bicyclic) bond motifs is 3. The summed E-state index contributed by atoms with van der Waals surface area (Å²) in [6, 6.07) is 1.61. The number of benzene rings is 1. The Morgan fingerprint density at radius 3 is 2.98 bits per heavy atom. The quantitative estimate of drug-likeness (QED) is 0.194. The van der Waals surface area contributed by atoms with Crippen molar-refractivity contribution in [1.82, 2.24) is 35.4 Å². The molecule has 1 unspecified atom stereocenters. The van der Waals surface area contributed by atoms with Crippen LogP contribution in [0.4, 0.5) is 8.78 Å². The van der Waals surface area contributed by atoms with Crippen LogP contribution in [0.3, 0.4) is 0 Å². The molecule has 6 heterocycles. The van der Waals surface area contributed by atoms with Gasteiger partial charge in [0, 0.05) is 41.1 Å². The minimum absolute atomic E-state index is 0.0264. The van der Waals surface area contributed by atoms with Crippen molar-refractivity contribution in [3.8, 4) is 17.3 Å². The predicted molar refractivity (Wildman–Crippen MR) is 175 cm³/mol. The monoisotopic (exact) mass is 668 g/mol. The number of alkyl halides is 1. The second kappa shape index (κ2) is 13.1. The molecular formula is C33H39ClF2N8O3. The second-order valence-corrected chi connectivity index (χ2v) is 13.7. The Morgan fingerprint density at radius 1 is 1.26 bits per heavy atom. The van der Waals surface area contributed by atoms with E-state index < -0.39 is 23.1 Å².